The van der Waals surface area contributed by atoms with Crippen LogP contribution in [0.2, 0.25) is 0 Å². The molecular weight excluding hydrogens is 432 g/mol. The highest BCUT2D eigenvalue weighted by molar-refractivity contribution is 7.89. The van der Waals surface area contributed by atoms with E-state index in [2.05, 4.69) is 10.0 Å². The highest BCUT2D eigenvalue weighted by atomic mass is 35.5. The average Bonchev–Trinajstić information content (AvgIpc) is 2.60. The summed E-state index contributed by atoms with van der Waals surface area (Å²) in [7, 11) is -3.64. The standard InChI is InChI=1S/C19H30N4O5S.ClH/c1-19(2,3)22-29(27,28)15-6-4-14(5-7-15)21-17(24)16(20)12-13-8-10-23(11-9-13)18(25)26;/h4-7,13,16,22H,8-12,20H2,1-3H3,(H,21,24)(H,25,26);1H/t16-;/m0./s1. The van der Waals surface area contributed by atoms with Crippen LogP contribution in [0.4, 0.5) is 10.5 Å². The van der Waals surface area contributed by atoms with Gasteiger partial charge in [0, 0.05) is 24.3 Å². The Balaban J connectivity index is 0.00000450. The molecule has 1 aromatic carbocycles. The molecule has 1 saturated heterocycles. The molecule has 9 nitrogen and oxygen atoms in total. The zero-order chi connectivity index (χ0) is 21.8. The van der Waals surface area contributed by atoms with Gasteiger partial charge >= 0.3 is 6.09 Å². The van der Waals surface area contributed by atoms with E-state index in [1.807, 2.05) is 0 Å². The van der Waals surface area contributed by atoms with E-state index in [9.17, 15) is 18.0 Å². The van der Waals surface area contributed by atoms with E-state index in [1.54, 1.807) is 20.8 Å². The molecular formula is C19H31ClN4O5S. The summed E-state index contributed by atoms with van der Waals surface area (Å²) in [5.74, 6) is -0.156. The van der Waals surface area contributed by atoms with Crippen LogP contribution >= 0.6 is 12.4 Å². The highest BCUT2D eigenvalue weighted by Crippen LogP contribution is 2.22. The van der Waals surface area contributed by atoms with Gasteiger partial charge in [-0.05, 0) is 70.2 Å². The number of carbonyl (C=O) groups is 2. The second kappa shape index (κ2) is 10.4. The lowest BCUT2D eigenvalue weighted by Crippen LogP contribution is -2.42. The number of halogens is 1. The minimum atomic E-state index is -3.64. The molecule has 1 fully saturated rings. The Kier molecular flexibility index (Phi) is 9.09. The number of carbonyl (C=O) groups excluding carboxylic acids is 1. The van der Waals surface area contributed by atoms with Crippen LogP contribution in [-0.4, -0.2) is 55.1 Å². The number of likely N-dealkylation sites (tertiary alicyclic amines) is 1. The summed E-state index contributed by atoms with van der Waals surface area (Å²) in [4.78, 5) is 24.8. The molecule has 30 heavy (non-hydrogen) atoms. The van der Waals surface area contributed by atoms with E-state index < -0.39 is 27.7 Å². The monoisotopic (exact) mass is 462 g/mol. The maximum atomic E-state index is 12.4. The van der Waals surface area contributed by atoms with Crippen molar-refractivity contribution in [2.45, 2.75) is 56.5 Å². The van der Waals surface area contributed by atoms with E-state index in [-0.39, 0.29) is 29.1 Å². The fraction of sp³-hybridized carbons (Fsp3) is 0.579. The van der Waals surface area contributed by atoms with Crippen molar-refractivity contribution in [1.29, 1.82) is 0 Å². The summed E-state index contributed by atoms with van der Waals surface area (Å²) < 4.78 is 27.2. The number of anilines is 1. The third kappa shape index (κ3) is 7.75. The normalized spacial score (nSPS) is 16.5. The highest BCUT2D eigenvalue weighted by Gasteiger charge is 2.26. The molecule has 2 rings (SSSR count). The first-order valence-electron chi connectivity index (χ1n) is 9.56. The molecule has 0 aromatic heterocycles. The molecule has 1 aliphatic heterocycles. The second-order valence-electron chi connectivity index (χ2n) is 8.42. The molecule has 5 N–H and O–H groups in total. The summed E-state index contributed by atoms with van der Waals surface area (Å²) in [6.45, 7) is 6.17. The minimum Gasteiger partial charge on any atom is -0.465 e. The summed E-state index contributed by atoms with van der Waals surface area (Å²) in [5, 5.41) is 11.7. The summed E-state index contributed by atoms with van der Waals surface area (Å²) >= 11 is 0. The number of carboxylic acid groups (broad SMARTS) is 1. The Morgan fingerprint density at radius 1 is 1.20 bits per heavy atom. The largest absolute Gasteiger partial charge is 0.465 e. The second-order valence-corrected chi connectivity index (χ2v) is 10.1. The Bertz CT molecular complexity index is 831. The smallest absolute Gasteiger partial charge is 0.407 e. The number of nitrogens with one attached hydrogen (secondary N) is 2. The van der Waals surface area contributed by atoms with Crippen LogP contribution in [0.25, 0.3) is 0 Å². The van der Waals surface area contributed by atoms with Crippen LogP contribution in [0.5, 0.6) is 0 Å². The van der Waals surface area contributed by atoms with Crippen molar-refractivity contribution in [2.24, 2.45) is 11.7 Å². The van der Waals surface area contributed by atoms with Crippen LogP contribution in [0, 0.1) is 5.92 Å². The van der Waals surface area contributed by atoms with Crippen molar-refractivity contribution in [3.05, 3.63) is 24.3 Å². The Morgan fingerprint density at radius 2 is 1.73 bits per heavy atom. The van der Waals surface area contributed by atoms with E-state index in [0.29, 0.717) is 38.0 Å². The number of sulfonamides is 1. The van der Waals surface area contributed by atoms with Crippen molar-refractivity contribution < 1.29 is 23.1 Å². The lowest BCUT2D eigenvalue weighted by molar-refractivity contribution is -0.117. The van der Waals surface area contributed by atoms with Crippen molar-refractivity contribution in [3.63, 3.8) is 0 Å². The van der Waals surface area contributed by atoms with Crippen LogP contribution in [-0.2, 0) is 14.8 Å². The maximum absolute atomic E-state index is 12.4. The van der Waals surface area contributed by atoms with Crippen LogP contribution < -0.4 is 15.8 Å². The van der Waals surface area contributed by atoms with Crippen molar-refractivity contribution in [1.82, 2.24) is 9.62 Å². The first kappa shape index (κ1) is 26.2. The van der Waals surface area contributed by atoms with Gasteiger partial charge in [0.2, 0.25) is 15.9 Å². The number of nitrogens with zero attached hydrogens (tertiary/aromatic N) is 1. The van der Waals surface area contributed by atoms with Gasteiger partial charge in [-0.25, -0.2) is 17.9 Å². The van der Waals surface area contributed by atoms with Crippen LogP contribution in [0.3, 0.4) is 0 Å². The van der Waals surface area contributed by atoms with E-state index in [1.165, 1.54) is 29.2 Å². The van der Waals surface area contributed by atoms with Crippen molar-refractivity contribution >= 4 is 40.1 Å². The zero-order valence-corrected chi connectivity index (χ0v) is 19.1. The number of benzene rings is 1. The van der Waals surface area contributed by atoms with Gasteiger partial charge in [-0.3, -0.25) is 4.79 Å². The predicted octanol–water partition coefficient (Wildman–Crippen LogP) is 2.23. The lowest BCUT2D eigenvalue weighted by atomic mass is 9.90. The molecule has 0 aliphatic carbocycles. The molecule has 1 heterocycles. The van der Waals surface area contributed by atoms with Gasteiger partial charge in [-0.15, -0.1) is 12.4 Å². The number of hydrogen-bond acceptors (Lipinski definition) is 5. The number of hydrogen-bond donors (Lipinski definition) is 4. The topological polar surface area (TPSA) is 142 Å². The number of piperidine rings is 1. The van der Waals surface area contributed by atoms with E-state index >= 15 is 0 Å². The summed E-state index contributed by atoms with van der Waals surface area (Å²) in [6.07, 6.45) is 0.913. The number of rotatable bonds is 6. The molecule has 0 bridgehead atoms. The number of nitrogens with two attached hydrogens (primary N) is 1. The molecule has 2 amide bonds. The molecule has 170 valence electrons. The minimum absolute atomic E-state index is 0. The predicted molar refractivity (Wildman–Crippen MR) is 117 cm³/mol. The van der Waals surface area contributed by atoms with Crippen molar-refractivity contribution in [3.8, 4) is 0 Å². The SMILES string of the molecule is CC(C)(C)NS(=O)(=O)c1ccc(NC(=O)[C@@H](N)CC2CCN(C(=O)O)CC2)cc1.Cl. The van der Waals surface area contributed by atoms with Gasteiger partial charge in [0.15, 0.2) is 0 Å². The Morgan fingerprint density at radius 3 is 2.20 bits per heavy atom. The van der Waals surface area contributed by atoms with Crippen LogP contribution in [0.15, 0.2) is 29.2 Å². The van der Waals surface area contributed by atoms with Gasteiger partial charge in [-0.2, -0.15) is 0 Å². The lowest BCUT2D eigenvalue weighted by Gasteiger charge is -2.31. The molecule has 1 aliphatic rings. The molecule has 1 atom stereocenters. The molecule has 11 heteroatoms. The first-order chi connectivity index (χ1) is 13.4. The van der Waals surface area contributed by atoms with E-state index in [0.717, 1.165) is 0 Å². The molecule has 0 unspecified atom stereocenters. The van der Waals surface area contributed by atoms with Crippen molar-refractivity contribution in [2.75, 3.05) is 18.4 Å². The Labute approximate surface area is 183 Å². The molecule has 1 aromatic rings. The molecule has 0 spiro atoms. The molecule has 0 saturated carbocycles. The third-order valence-electron chi connectivity index (χ3n) is 4.68. The fourth-order valence-corrected chi connectivity index (χ4v) is 4.66. The van der Waals surface area contributed by atoms with Gasteiger partial charge in [0.05, 0.1) is 10.9 Å². The summed E-state index contributed by atoms with van der Waals surface area (Å²) in [5.41, 5.74) is 5.87. The Hall–Kier alpha value is -1.88. The fourth-order valence-electron chi connectivity index (χ4n) is 3.24. The average molecular weight is 463 g/mol. The first-order valence-corrected chi connectivity index (χ1v) is 11.0. The quantitative estimate of drug-likeness (QED) is 0.510. The van der Waals surface area contributed by atoms with Crippen LogP contribution in [0.1, 0.15) is 40.0 Å². The molecule has 0 radical (unpaired) electrons. The van der Waals surface area contributed by atoms with Gasteiger partial charge in [-0.1, -0.05) is 0 Å². The maximum Gasteiger partial charge on any atom is 0.407 e. The van der Waals surface area contributed by atoms with E-state index in [4.69, 9.17) is 10.8 Å². The van der Waals surface area contributed by atoms with Gasteiger partial charge < -0.3 is 21.1 Å². The number of amides is 2. The third-order valence-corrected chi connectivity index (χ3v) is 6.46. The van der Waals surface area contributed by atoms with Gasteiger partial charge in [0.25, 0.3) is 0 Å². The zero-order valence-electron chi connectivity index (χ0n) is 17.4. The van der Waals surface area contributed by atoms with Gasteiger partial charge in [0.1, 0.15) is 0 Å². The summed E-state index contributed by atoms with van der Waals surface area (Å²) in [6, 6.07) is 5.18.